The molecule has 0 atom stereocenters. The SMILES string of the molecule is COc1cccc(S(=O)(=O)Nc2ccccc2OC)c1. The molecule has 106 valence electrons. The maximum Gasteiger partial charge on any atom is 0.262 e. The van der Waals surface area contributed by atoms with Crippen molar-refractivity contribution in [2.75, 3.05) is 18.9 Å². The average molecular weight is 293 g/mol. The molecule has 0 unspecified atom stereocenters. The molecule has 0 heterocycles. The molecule has 0 aromatic heterocycles. The number of rotatable bonds is 5. The first kappa shape index (κ1) is 14.2. The van der Waals surface area contributed by atoms with E-state index in [1.165, 1.54) is 26.4 Å². The summed E-state index contributed by atoms with van der Waals surface area (Å²) in [5, 5.41) is 0. The minimum Gasteiger partial charge on any atom is -0.497 e. The zero-order chi connectivity index (χ0) is 14.6. The Labute approximate surface area is 118 Å². The van der Waals surface area contributed by atoms with Crippen LogP contribution in [0.2, 0.25) is 0 Å². The Hall–Kier alpha value is -2.21. The molecule has 0 aliphatic heterocycles. The minimum atomic E-state index is -3.69. The lowest BCUT2D eigenvalue weighted by molar-refractivity contribution is 0.413. The highest BCUT2D eigenvalue weighted by molar-refractivity contribution is 7.92. The molecule has 20 heavy (non-hydrogen) atoms. The van der Waals surface area contributed by atoms with Gasteiger partial charge in [0.25, 0.3) is 10.0 Å². The van der Waals surface area contributed by atoms with Gasteiger partial charge in [0.1, 0.15) is 11.5 Å². The number of benzene rings is 2. The predicted octanol–water partition coefficient (Wildman–Crippen LogP) is 2.50. The molecule has 0 aliphatic carbocycles. The molecule has 2 aromatic carbocycles. The number of hydrogen-bond acceptors (Lipinski definition) is 4. The zero-order valence-electron chi connectivity index (χ0n) is 11.2. The van der Waals surface area contributed by atoms with Crippen LogP contribution in [0.25, 0.3) is 0 Å². The van der Waals surface area contributed by atoms with Crippen molar-refractivity contribution in [3.05, 3.63) is 48.5 Å². The van der Waals surface area contributed by atoms with Crippen LogP contribution < -0.4 is 14.2 Å². The van der Waals surface area contributed by atoms with E-state index in [-0.39, 0.29) is 4.90 Å². The summed E-state index contributed by atoms with van der Waals surface area (Å²) in [7, 11) is -0.718. The summed E-state index contributed by atoms with van der Waals surface area (Å²) < 4.78 is 37.3. The van der Waals surface area contributed by atoms with Crippen LogP contribution in [-0.4, -0.2) is 22.6 Å². The van der Waals surface area contributed by atoms with E-state index in [9.17, 15) is 8.42 Å². The topological polar surface area (TPSA) is 64.6 Å². The van der Waals surface area contributed by atoms with Gasteiger partial charge in [0.05, 0.1) is 24.8 Å². The Morgan fingerprint density at radius 2 is 1.70 bits per heavy atom. The van der Waals surface area contributed by atoms with Crippen LogP contribution in [0.15, 0.2) is 53.4 Å². The van der Waals surface area contributed by atoms with Crippen molar-refractivity contribution < 1.29 is 17.9 Å². The lowest BCUT2D eigenvalue weighted by Crippen LogP contribution is -2.13. The number of para-hydroxylation sites is 2. The Morgan fingerprint density at radius 3 is 2.40 bits per heavy atom. The third-order valence-electron chi connectivity index (χ3n) is 2.70. The zero-order valence-corrected chi connectivity index (χ0v) is 12.0. The number of hydrogen-bond donors (Lipinski definition) is 1. The number of sulfonamides is 1. The number of anilines is 1. The van der Waals surface area contributed by atoms with E-state index < -0.39 is 10.0 Å². The van der Waals surface area contributed by atoms with E-state index >= 15 is 0 Å². The van der Waals surface area contributed by atoms with Crippen molar-refractivity contribution in [2.45, 2.75) is 4.90 Å². The van der Waals surface area contributed by atoms with Gasteiger partial charge in [-0.2, -0.15) is 0 Å². The van der Waals surface area contributed by atoms with E-state index in [0.717, 1.165) is 0 Å². The number of methoxy groups -OCH3 is 2. The Morgan fingerprint density at radius 1 is 0.950 bits per heavy atom. The molecule has 0 saturated heterocycles. The monoisotopic (exact) mass is 293 g/mol. The molecule has 2 rings (SSSR count). The standard InChI is InChI=1S/C14H15NO4S/c1-18-11-6-5-7-12(10-11)20(16,17)15-13-8-3-4-9-14(13)19-2/h3-10,15H,1-2H3. The van der Waals surface area contributed by atoms with Crippen molar-refractivity contribution in [1.29, 1.82) is 0 Å². The van der Waals surface area contributed by atoms with Gasteiger partial charge in [0.2, 0.25) is 0 Å². The van der Waals surface area contributed by atoms with Gasteiger partial charge >= 0.3 is 0 Å². The molecule has 0 spiro atoms. The van der Waals surface area contributed by atoms with Crippen molar-refractivity contribution >= 4 is 15.7 Å². The van der Waals surface area contributed by atoms with Crippen molar-refractivity contribution in [1.82, 2.24) is 0 Å². The largest absolute Gasteiger partial charge is 0.497 e. The minimum absolute atomic E-state index is 0.128. The van der Waals surface area contributed by atoms with Gasteiger partial charge in [-0.1, -0.05) is 18.2 Å². The molecule has 1 N–H and O–H groups in total. The molecular formula is C14H15NO4S. The van der Waals surface area contributed by atoms with E-state index in [4.69, 9.17) is 9.47 Å². The van der Waals surface area contributed by atoms with E-state index in [1.807, 2.05) is 0 Å². The molecular weight excluding hydrogens is 278 g/mol. The van der Waals surface area contributed by atoms with Crippen LogP contribution in [0.3, 0.4) is 0 Å². The fourth-order valence-corrected chi connectivity index (χ4v) is 2.81. The first-order valence-corrected chi connectivity index (χ1v) is 7.35. The summed E-state index contributed by atoms with van der Waals surface area (Å²) in [6.07, 6.45) is 0. The highest BCUT2D eigenvalue weighted by Crippen LogP contribution is 2.27. The summed E-state index contributed by atoms with van der Waals surface area (Å²) in [6, 6.07) is 13.1. The summed E-state index contributed by atoms with van der Waals surface area (Å²) in [6.45, 7) is 0. The molecule has 5 nitrogen and oxygen atoms in total. The second-order valence-electron chi connectivity index (χ2n) is 3.98. The van der Waals surface area contributed by atoms with Gasteiger partial charge in [0.15, 0.2) is 0 Å². The molecule has 0 radical (unpaired) electrons. The quantitative estimate of drug-likeness (QED) is 0.920. The van der Waals surface area contributed by atoms with E-state index in [1.54, 1.807) is 36.4 Å². The summed E-state index contributed by atoms with van der Waals surface area (Å²) >= 11 is 0. The lowest BCUT2D eigenvalue weighted by atomic mass is 10.3. The smallest absolute Gasteiger partial charge is 0.262 e. The number of ether oxygens (including phenoxy) is 2. The van der Waals surface area contributed by atoms with Gasteiger partial charge in [-0.15, -0.1) is 0 Å². The Kier molecular flexibility index (Phi) is 4.14. The van der Waals surface area contributed by atoms with Gasteiger partial charge in [-0.25, -0.2) is 8.42 Å². The summed E-state index contributed by atoms with van der Waals surface area (Å²) in [5.41, 5.74) is 0.387. The molecule has 6 heteroatoms. The highest BCUT2D eigenvalue weighted by Gasteiger charge is 2.16. The molecule has 0 amide bonds. The van der Waals surface area contributed by atoms with Crippen molar-refractivity contribution in [3.8, 4) is 11.5 Å². The van der Waals surface area contributed by atoms with Gasteiger partial charge in [-0.05, 0) is 24.3 Å². The van der Waals surface area contributed by atoms with Crippen molar-refractivity contribution in [3.63, 3.8) is 0 Å². The van der Waals surface area contributed by atoms with Crippen LogP contribution in [-0.2, 0) is 10.0 Å². The highest BCUT2D eigenvalue weighted by atomic mass is 32.2. The molecule has 0 saturated carbocycles. The van der Waals surface area contributed by atoms with Gasteiger partial charge in [0, 0.05) is 6.07 Å². The van der Waals surface area contributed by atoms with Gasteiger partial charge < -0.3 is 9.47 Å². The fraction of sp³-hybridized carbons (Fsp3) is 0.143. The average Bonchev–Trinajstić information content (AvgIpc) is 2.47. The summed E-state index contributed by atoms with van der Waals surface area (Å²) in [4.78, 5) is 0.128. The Balaban J connectivity index is 2.35. The van der Waals surface area contributed by atoms with Crippen LogP contribution in [0.5, 0.6) is 11.5 Å². The third-order valence-corrected chi connectivity index (χ3v) is 4.07. The van der Waals surface area contributed by atoms with E-state index in [0.29, 0.717) is 17.2 Å². The molecule has 0 aliphatic rings. The second kappa shape index (κ2) is 5.83. The lowest BCUT2D eigenvalue weighted by Gasteiger charge is -2.12. The molecule has 0 bridgehead atoms. The van der Waals surface area contributed by atoms with E-state index in [2.05, 4.69) is 4.72 Å². The van der Waals surface area contributed by atoms with Crippen LogP contribution in [0.4, 0.5) is 5.69 Å². The second-order valence-corrected chi connectivity index (χ2v) is 5.67. The fourth-order valence-electron chi connectivity index (χ4n) is 1.70. The van der Waals surface area contributed by atoms with Crippen LogP contribution in [0.1, 0.15) is 0 Å². The van der Waals surface area contributed by atoms with Crippen LogP contribution >= 0.6 is 0 Å². The maximum absolute atomic E-state index is 12.3. The van der Waals surface area contributed by atoms with Crippen LogP contribution in [0, 0.1) is 0 Å². The third kappa shape index (κ3) is 3.03. The summed E-state index contributed by atoms with van der Waals surface area (Å²) in [5.74, 6) is 0.937. The molecule has 2 aromatic rings. The van der Waals surface area contributed by atoms with Gasteiger partial charge in [-0.3, -0.25) is 4.72 Å². The first-order valence-electron chi connectivity index (χ1n) is 5.87. The first-order chi connectivity index (χ1) is 9.56. The van der Waals surface area contributed by atoms with Crippen molar-refractivity contribution in [2.24, 2.45) is 0 Å². The normalized spacial score (nSPS) is 10.9. The number of nitrogens with one attached hydrogen (secondary N) is 1. The maximum atomic E-state index is 12.3. The Bertz CT molecular complexity index is 698. The predicted molar refractivity (Wildman–Crippen MR) is 76.8 cm³/mol. The molecule has 0 fully saturated rings.